The van der Waals surface area contributed by atoms with E-state index in [-0.39, 0.29) is 5.91 Å². The molecular weight excluding hydrogens is 460 g/mol. The molecule has 3 fully saturated rings. The first-order valence-electron chi connectivity index (χ1n) is 12.8. The van der Waals surface area contributed by atoms with Gasteiger partial charge in [0.15, 0.2) is 5.82 Å². The molecule has 10 heteroatoms. The summed E-state index contributed by atoms with van der Waals surface area (Å²) in [4.78, 5) is 21.5. The number of carbonyl (C=O) groups excluding carboxylic acids is 1. The molecule has 0 radical (unpaired) electrons. The number of rotatable bonds is 10. The lowest BCUT2D eigenvalue weighted by Crippen LogP contribution is -2.38. The second-order valence-corrected chi connectivity index (χ2v) is 9.27. The Balaban J connectivity index is 1.24. The third-order valence-corrected chi connectivity index (χ3v) is 6.44. The highest BCUT2D eigenvalue weighted by atomic mass is 16.5. The molecule has 192 valence electrons. The molecule has 0 atom stereocenters. The minimum absolute atomic E-state index is 0.0324. The average molecular weight is 495 g/mol. The number of ether oxygens (including phenoxy) is 3. The van der Waals surface area contributed by atoms with Crippen LogP contribution in [0.1, 0.15) is 28.8 Å². The van der Waals surface area contributed by atoms with Gasteiger partial charge in [0.25, 0.3) is 5.91 Å². The van der Waals surface area contributed by atoms with Crippen molar-refractivity contribution >= 4 is 17.4 Å². The molecule has 0 spiro atoms. The van der Waals surface area contributed by atoms with Crippen LogP contribution in [0.4, 0.5) is 11.5 Å². The molecule has 10 nitrogen and oxygen atoms in total. The molecule has 1 saturated carbocycles. The van der Waals surface area contributed by atoms with Crippen molar-refractivity contribution in [1.82, 2.24) is 15.2 Å². The minimum Gasteiger partial charge on any atom is -0.476 e. The molecule has 0 unspecified atom stereocenters. The Bertz CT molecular complexity index is 1050. The van der Waals surface area contributed by atoms with Gasteiger partial charge in [0, 0.05) is 62.1 Å². The van der Waals surface area contributed by atoms with Crippen molar-refractivity contribution in [3.63, 3.8) is 0 Å². The summed E-state index contributed by atoms with van der Waals surface area (Å²) in [5.74, 6) is 1.01. The Kier molecular flexibility index (Phi) is 8.37. The fourth-order valence-electron chi connectivity index (χ4n) is 4.21. The number of anilines is 1. The van der Waals surface area contributed by atoms with E-state index in [4.69, 9.17) is 14.2 Å². The Labute approximate surface area is 211 Å². The molecular formula is C26H34N6O4. The zero-order chi connectivity index (χ0) is 24.6. The molecule has 1 aromatic carbocycles. The average Bonchev–Trinajstić information content (AvgIpc) is 3.74. The number of pyridine rings is 1. The van der Waals surface area contributed by atoms with Crippen LogP contribution in [0.25, 0.3) is 0 Å². The number of nitrogens with one attached hydrogen (secondary N) is 1. The number of azo groups is 1. The lowest BCUT2D eigenvalue weighted by molar-refractivity contribution is 0.0320. The maximum absolute atomic E-state index is 12.3. The molecule has 0 bridgehead atoms. The monoisotopic (exact) mass is 494 g/mol. The second kappa shape index (κ2) is 12.2. The van der Waals surface area contributed by atoms with Crippen LogP contribution in [0.2, 0.25) is 0 Å². The topological polar surface area (TPSA) is 101 Å². The minimum atomic E-state index is -0.0324. The number of nitrogens with zero attached hydrogens (tertiary/aromatic N) is 5. The standard InChI is InChI=1S/C26H34N6O4/c33-26(28-22-4-5-22)21-3-1-2-20(16-21)19-27-30-24-17-23(32-9-13-35-14-10-32)18-25(29-24)36-15-8-31-6-11-34-12-7-31/h1-3,16-18,22H,4-15,19H2,(H,28,33). The summed E-state index contributed by atoms with van der Waals surface area (Å²) in [5, 5.41) is 11.8. The van der Waals surface area contributed by atoms with Crippen LogP contribution >= 0.6 is 0 Å². The number of benzene rings is 1. The quantitative estimate of drug-likeness (QED) is 0.507. The van der Waals surface area contributed by atoms with Crippen LogP contribution in [0.5, 0.6) is 5.88 Å². The lowest BCUT2D eigenvalue weighted by Gasteiger charge is -2.29. The largest absolute Gasteiger partial charge is 0.476 e. The first-order chi connectivity index (χ1) is 17.7. The molecule has 2 saturated heterocycles. The summed E-state index contributed by atoms with van der Waals surface area (Å²) in [5.41, 5.74) is 2.58. The molecule has 1 aliphatic carbocycles. The van der Waals surface area contributed by atoms with Gasteiger partial charge < -0.3 is 24.4 Å². The molecule has 36 heavy (non-hydrogen) atoms. The van der Waals surface area contributed by atoms with Crippen LogP contribution in [0, 0.1) is 0 Å². The van der Waals surface area contributed by atoms with Gasteiger partial charge in [0.05, 0.1) is 33.0 Å². The fraction of sp³-hybridized carbons (Fsp3) is 0.538. The van der Waals surface area contributed by atoms with Gasteiger partial charge in [0.1, 0.15) is 6.61 Å². The summed E-state index contributed by atoms with van der Waals surface area (Å²) in [6.45, 7) is 8.12. The molecule has 2 aliphatic heterocycles. The van der Waals surface area contributed by atoms with E-state index in [0.29, 0.717) is 49.7 Å². The van der Waals surface area contributed by atoms with Gasteiger partial charge in [-0.3, -0.25) is 9.69 Å². The van der Waals surface area contributed by atoms with E-state index in [1.54, 1.807) is 0 Å². The summed E-state index contributed by atoms with van der Waals surface area (Å²) >= 11 is 0. The zero-order valence-electron chi connectivity index (χ0n) is 20.6. The van der Waals surface area contributed by atoms with Crippen LogP contribution in [0.15, 0.2) is 46.6 Å². The van der Waals surface area contributed by atoms with Crippen LogP contribution in [-0.4, -0.2) is 87.6 Å². The van der Waals surface area contributed by atoms with Crippen molar-refractivity contribution in [2.24, 2.45) is 10.2 Å². The molecule has 1 N–H and O–H groups in total. The summed E-state index contributed by atoms with van der Waals surface area (Å²) in [7, 11) is 0. The van der Waals surface area contributed by atoms with Gasteiger partial charge in [0.2, 0.25) is 5.88 Å². The highest BCUT2D eigenvalue weighted by molar-refractivity contribution is 5.94. The highest BCUT2D eigenvalue weighted by Gasteiger charge is 2.23. The number of amides is 1. The first-order valence-corrected chi connectivity index (χ1v) is 12.8. The Morgan fingerprint density at radius 1 is 1.06 bits per heavy atom. The van der Waals surface area contributed by atoms with E-state index in [2.05, 4.69) is 30.3 Å². The number of carbonyl (C=O) groups is 1. The SMILES string of the molecule is O=C(NC1CC1)c1cccc(CN=Nc2cc(N3CCOCC3)cc(OCCN3CCOCC3)n2)c1. The summed E-state index contributed by atoms with van der Waals surface area (Å²) < 4.78 is 16.9. The van der Waals surface area contributed by atoms with Gasteiger partial charge in [-0.15, -0.1) is 5.11 Å². The van der Waals surface area contributed by atoms with Gasteiger partial charge >= 0.3 is 0 Å². The van der Waals surface area contributed by atoms with Crippen molar-refractivity contribution < 1.29 is 19.0 Å². The Morgan fingerprint density at radius 2 is 1.83 bits per heavy atom. The van der Waals surface area contributed by atoms with E-state index in [0.717, 1.165) is 70.0 Å². The van der Waals surface area contributed by atoms with Crippen molar-refractivity contribution in [2.45, 2.75) is 25.4 Å². The fourth-order valence-corrected chi connectivity index (χ4v) is 4.21. The lowest BCUT2D eigenvalue weighted by atomic mass is 10.1. The molecule has 1 amide bonds. The maximum atomic E-state index is 12.3. The van der Waals surface area contributed by atoms with Crippen LogP contribution in [-0.2, 0) is 16.0 Å². The predicted octanol–water partition coefficient (Wildman–Crippen LogP) is 2.81. The number of hydrogen-bond donors (Lipinski definition) is 1. The van der Waals surface area contributed by atoms with Crippen LogP contribution in [0.3, 0.4) is 0 Å². The van der Waals surface area contributed by atoms with E-state index in [1.165, 1.54) is 0 Å². The van der Waals surface area contributed by atoms with E-state index in [1.807, 2.05) is 36.4 Å². The molecule has 2 aromatic rings. The third kappa shape index (κ3) is 7.22. The van der Waals surface area contributed by atoms with Gasteiger partial charge in [-0.1, -0.05) is 12.1 Å². The van der Waals surface area contributed by atoms with Crippen molar-refractivity contribution in [2.75, 3.05) is 70.7 Å². The van der Waals surface area contributed by atoms with Gasteiger partial charge in [-0.2, -0.15) is 10.1 Å². The Hall–Kier alpha value is -3.08. The molecule has 3 aliphatic rings. The third-order valence-electron chi connectivity index (χ3n) is 6.44. The first kappa shape index (κ1) is 24.6. The molecule has 3 heterocycles. The van der Waals surface area contributed by atoms with E-state index in [9.17, 15) is 4.79 Å². The van der Waals surface area contributed by atoms with E-state index < -0.39 is 0 Å². The number of hydrogen-bond acceptors (Lipinski definition) is 9. The zero-order valence-corrected chi connectivity index (χ0v) is 20.6. The van der Waals surface area contributed by atoms with Crippen molar-refractivity contribution in [3.05, 3.63) is 47.5 Å². The van der Waals surface area contributed by atoms with Gasteiger partial charge in [-0.05, 0) is 30.5 Å². The second-order valence-electron chi connectivity index (χ2n) is 9.27. The number of aromatic nitrogens is 1. The van der Waals surface area contributed by atoms with Crippen molar-refractivity contribution in [1.29, 1.82) is 0 Å². The van der Waals surface area contributed by atoms with E-state index >= 15 is 0 Å². The molecule has 1 aromatic heterocycles. The smallest absolute Gasteiger partial charge is 0.251 e. The molecule has 5 rings (SSSR count). The van der Waals surface area contributed by atoms with Crippen molar-refractivity contribution in [3.8, 4) is 5.88 Å². The Morgan fingerprint density at radius 3 is 2.61 bits per heavy atom. The normalized spacial score (nSPS) is 18.9. The summed E-state index contributed by atoms with van der Waals surface area (Å²) in [6, 6.07) is 11.8. The highest BCUT2D eigenvalue weighted by Crippen LogP contribution is 2.27. The van der Waals surface area contributed by atoms with Crippen LogP contribution < -0.4 is 15.0 Å². The summed E-state index contributed by atoms with van der Waals surface area (Å²) in [6.07, 6.45) is 2.13. The maximum Gasteiger partial charge on any atom is 0.251 e. The van der Waals surface area contributed by atoms with Gasteiger partial charge in [-0.25, -0.2) is 0 Å². The predicted molar refractivity (Wildman–Crippen MR) is 135 cm³/mol. The number of morpholine rings is 2.